The molecule has 172 valence electrons. The molecule has 3 aromatic carbocycles. The molecule has 5 nitrogen and oxygen atoms in total. The standard InChI is InChI=1S/C25H18BrClN2O3S2/c1-15-11-18(7-10-21(15)26)28-23(30)14-32-20-4-2-3-16(12-20)13-22-24(31)29(25(33)34-22)19-8-5-17(27)6-9-19/h2-13H,14H2,1H3,(H,28,30)/b22-13-. The molecule has 1 aliphatic heterocycles. The van der Waals surface area contributed by atoms with Gasteiger partial charge in [-0.05, 0) is 78.7 Å². The molecular formula is C25H18BrClN2O3S2. The molecule has 0 radical (unpaired) electrons. The predicted octanol–water partition coefficient (Wildman–Crippen LogP) is 6.83. The second kappa shape index (κ2) is 10.7. The quantitative estimate of drug-likeness (QED) is 0.259. The smallest absolute Gasteiger partial charge is 0.270 e. The average molecular weight is 574 g/mol. The summed E-state index contributed by atoms with van der Waals surface area (Å²) in [4.78, 5) is 27.2. The first-order valence-corrected chi connectivity index (χ1v) is 12.5. The molecule has 0 aromatic heterocycles. The number of aryl methyl sites for hydroxylation is 1. The van der Waals surface area contributed by atoms with Crippen LogP contribution in [0.3, 0.4) is 0 Å². The van der Waals surface area contributed by atoms with Crippen molar-refractivity contribution in [3.63, 3.8) is 0 Å². The number of nitrogens with one attached hydrogen (secondary N) is 1. The number of hydrogen-bond donors (Lipinski definition) is 1. The lowest BCUT2D eigenvalue weighted by Crippen LogP contribution is -2.27. The Morgan fingerprint density at radius 3 is 2.68 bits per heavy atom. The first-order valence-electron chi connectivity index (χ1n) is 10.1. The zero-order valence-electron chi connectivity index (χ0n) is 17.9. The maximum Gasteiger partial charge on any atom is 0.270 e. The van der Waals surface area contributed by atoms with Crippen molar-refractivity contribution in [2.24, 2.45) is 0 Å². The summed E-state index contributed by atoms with van der Waals surface area (Å²) in [6, 6.07) is 19.7. The SMILES string of the molecule is Cc1cc(NC(=O)COc2cccc(/C=C3\SC(=S)N(c4ccc(Cl)cc4)C3=O)c2)ccc1Br. The van der Waals surface area contributed by atoms with Crippen LogP contribution in [-0.2, 0) is 9.59 Å². The number of nitrogens with zero attached hydrogens (tertiary/aromatic N) is 1. The first kappa shape index (κ1) is 24.5. The number of carbonyl (C=O) groups is 2. The molecule has 2 amide bonds. The van der Waals surface area contributed by atoms with Crippen molar-refractivity contribution < 1.29 is 14.3 Å². The zero-order chi connectivity index (χ0) is 24.2. The molecule has 1 N–H and O–H groups in total. The van der Waals surface area contributed by atoms with E-state index in [0.717, 1.165) is 15.6 Å². The van der Waals surface area contributed by atoms with Crippen molar-refractivity contribution in [1.29, 1.82) is 0 Å². The number of thioether (sulfide) groups is 1. The van der Waals surface area contributed by atoms with Crippen LogP contribution in [0.5, 0.6) is 5.75 Å². The minimum Gasteiger partial charge on any atom is -0.484 e. The molecule has 1 saturated heterocycles. The van der Waals surface area contributed by atoms with Gasteiger partial charge in [0.1, 0.15) is 5.75 Å². The highest BCUT2D eigenvalue weighted by Gasteiger charge is 2.33. The highest BCUT2D eigenvalue weighted by Crippen LogP contribution is 2.36. The predicted molar refractivity (Wildman–Crippen MR) is 147 cm³/mol. The molecule has 1 aliphatic rings. The summed E-state index contributed by atoms with van der Waals surface area (Å²) in [7, 11) is 0. The van der Waals surface area contributed by atoms with Crippen LogP contribution in [0.4, 0.5) is 11.4 Å². The van der Waals surface area contributed by atoms with Gasteiger partial charge in [-0.3, -0.25) is 14.5 Å². The summed E-state index contributed by atoms with van der Waals surface area (Å²) in [6.45, 7) is 1.81. The van der Waals surface area contributed by atoms with E-state index in [1.165, 1.54) is 16.7 Å². The van der Waals surface area contributed by atoms with Crippen molar-refractivity contribution >= 4 is 85.1 Å². The summed E-state index contributed by atoms with van der Waals surface area (Å²) < 4.78 is 7.08. The average Bonchev–Trinajstić information content (AvgIpc) is 3.08. The first-order chi connectivity index (χ1) is 16.3. The Kier molecular flexibility index (Phi) is 7.73. The van der Waals surface area contributed by atoms with Gasteiger partial charge in [0.2, 0.25) is 0 Å². The van der Waals surface area contributed by atoms with Crippen LogP contribution in [0.25, 0.3) is 6.08 Å². The largest absolute Gasteiger partial charge is 0.484 e. The zero-order valence-corrected chi connectivity index (χ0v) is 21.9. The maximum absolute atomic E-state index is 13.0. The van der Waals surface area contributed by atoms with E-state index in [0.29, 0.717) is 31.4 Å². The van der Waals surface area contributed by atoms with Gasteiger partial charge in [0, 0.05) is 15.2 Å². The van der Waals surface area contributed by atoms with Gasteiger partial charge in [-0.15, -0.1) is 0 Å². The Morgan fingerprint density at radius 2 is 1.94 bits per heavy atom. The third-order valence-corrected chi connectivity index (χ3v) is 7.29. The number of amides is 2. The molecule has 0 atom stereocenters. The summed E-state index contributed by atoms with van der Waals surface area (Å²) in [6.07, 6.45) is 1.76. The lowest BCUT2D eigenvalue weighted by molar-refractivity contribution is -0.118. The van der Waals surface area contributed by atoms with Gasteiger partial charge in [0.05, 0.1) is 10.6 Å². The normalized spacial score (nSPS) is 14.6. The Balaban J connectivity index is 1.41. The van der Waals surface area contributed by atoms with Crippen LogP contribution in [0.15, 0.2) is 76.1 Å². The van der Waals surface area contributed by atoms with Gasteiger partial charge < -0.3 is 10.1 Å². The van der Waals surface area contributed by atoms with Gasteiger partial charge >= 0.3 is 0 Å². The van der Waals surface area contributed by atoms with Gasteiger partial charge in [-0.1, -0.05) is 63.6 Å². The van der Waals surface area contributed by atoms with E-state index < -0.39 is 0 Å². The number of ether oxygens (including phenoxy) is 1. The molecule has 0 unspecified atom stereocenters. The summed E-state index contributed by atoms with van der Waals surface area (Å²) in [5, 5.41) is 3.40. The second-order valence-corrected chi connectivity index (χ2v) is 10.3. The van der Waals surface area contributed by atoms with E-state index in [2.05, 4.69) is 21.2 Å². The number of rotatable bonds is 6. The fourth-order valence-electron chi connectivity index (χ4n) is 3.19. The topological polar surface area (TPSA) is 58.6 Å². The minimum atomic E-state index is -0.268. The van der Waals surface area contributed by atoms with Crippen molar-refractivity contribution in [1.82, 2.24) is 0 Å². The van der Waals surface area contributed by atoms with E-state index >= 15 is 0 Å². The van der Waals surface area contributed by atoms with E-state index in [9.17, 15) is 9.59 Å². The van der Waals surface area contributed by atoms with Crippen molar-refractivity contribution in [3.05, 3.63) is 92.3 Å². The Hall–Kier alpha value is -2.65. The monoisotopic (exact) mass is 572 g/mol. The lowest BCUT2D eigenvalue weighted by atomic mass is 10.2. The van der Waals surface area contributed by atoms with Crippen molar-refractivity contribution in [3.8, 4) is 5.75 Å². The minimum absolute atomic E-state index is 0.142. The Labute approximate surface area is 220 Å². The second-order valence-electron chi connectivity index (χ2n) is 7.37. The molecule has 34 heavy (non-hydrogen) atoms. The van der Waals surface area contributed by atoms with Crippen LogP contribution >= 0.6 is 51.5 Å². The maximum atomic E-state index is 13.0. The van der Waals surface area contributed by atoms with Gasteiger partial charge in [0.25, 0.3) is 11.8 Å². The van der Waals surface area contributed by atoms with E-state index in [4.69, 9.17) is 28.6 Å². The molecule has 0 bridgehead atoms. The summed E-state index contributed by atoms with van der Waals surface area (Å²) in [5.74, 6) is 0.0489. The summed E-state index contributed by atoms with van der Waals surface area (Å²) in [5.41, 5.74) is 3.15. The molecular weight excluding hydrogens is 556 g/mol. The molecule has 3 aromatic rings. The van der Waals surface area contributed by atoms with Gasteiger partial charge in [-0.25, -0.2) is 0 Å². The Morgan fingerprint density at radius 1 is 1.18 bits per heavy atom. The highest BCUT2D eigenvalue weighted by molar-refractivity contribution is 9.10. The number of carbonyl (C=O) groups excluding carboxylic acids is 2. The fraction of sp³-hybridized carbons (Fsp3) is 0.0800. The lowest BCUT2D eigenvalue weighted by Gasteiger charge is -2.14. The van der Waals surface area contributed by atoms with Crippen molar-refractivity contribution in [2.45, 2.75) is 6.92 Å². The van der Waals surface area contributed by atoms with Gasteiger partial charge in [-0.2, -0.15) is 0 Å². The van der Waals surface area contributed by atoms with Crippen molar-refractivity contribution in [2.75, 3.05) is 16.8 Å². The molecule has 9 heteroatoms. The molecule has 1 fully saturated rings. The molecule has 0 saturated carbocycles. The fourth-order valence-corrected chi connectivity index (χ4v) is 4.87. The van der Waals surface area contributed by atoms with Crippen LogP contribution in [0.1, 0.15) is 11.1 Å². The summed E-state index contributed by atoms with van der Waals surface area (Å²) >= 11 is 16.0. The Bertz CT molecular complexity index is 1310. The number of thiocarbonyl (C=S) groups is 1. The molecule has 0 spiro atoms. The number of anilines is 2. The third kappa shape index (κ3) is 5.88. The van der Waals surface area contributed by atoms with Crippen LogP contribution in [0.2, 0.25) is 5.02 Å². The van der Waals surface area contributed by atoms with Crippen LogP contribution in [0, 0.1) is 6.92 Å². The van der Waals surface area contributed by atoms with E-state index in [-0.39, 0.29) is 18.4 Å². The van der Waals surface area contributed by atoms with Gasteiger partial charge in [0.15, 0.2) is 10.9 Å². The number of halogens is 2. The molecule has 1 heterocycles. The number of hydrogen-bond acceptors (Lipinski definition) is 5. The van der Waals surface area contributed by atoms with E-state index in [1.807, 2.05) is 31.2 Å². The highest BCUT2D eigenvalue weighted by atomic mass is 79.9. The number of benzene rings is 3. The van der Waals surface area contributed by atoms with Crippen LogP contribution in [-0.4, -0.2) is 22.7 Å². The molecule has 4 rings (SSSR count). The molecule has 0 aliphatic carbocycles. The third-order valence-electron chi connectivity index (χ3n) is 4.85. The van der Waals surface area contributed by atoms with E-state index in [1.54, 1.807) is 48.5 Å². The van der Waals surface area contributed by atoms with Crippen LogP contribution < -0.4 is 15.0 Å².